The van der Waals surface area contributed by atoms with E-state index in [2.05, 4.69) is 24.1 Å². The molecule has 2 atom stereocenters. The van der Waals surface area contributed by atoms with E-state index >= 15 is 0 Å². The van der Waals surface area contributed by atoms with E-state index in [0.29, 0.717) is 0 Å². The van der Waals surface area contributed by atoms with Crippen LogP contribution in [0.2, 0.25) is 0 Å². The van der Waals surface area contributed by atoms with Gasteiger partial charge in [0, 0.05) is 19.1 Å². The second-order valence-corrected chi connectivity index (χ2v) is 6.00. The normalized spacial score (nSPS) is 29.8. The van der Waals surface area contributed by atoms with Crippen LogP contribution in [0, 0.1) is 11.8 Å². The maximum Gasteiger partial charge on any atom is 0.0107 e. The lowest BCUT2D eigenvalue weighted by Crippen LogP contribution is -2.41. The highest BCUT2D eigenvalue weighted by Crippen LogP contribution is 2.30. The van der Waals surface area contributed by atoms with Crippen LogP contribution in [0.25, 0.3) is 0 Å². The Bertz CT molecular complexity index is 213. The van der Waals surface area contributed by atoms with E-state index in [4.69, 9.17) is 0 Å². The first-order valence-electron chi connectivity index (χ1n) is 7.79. The van der Waals surface area contributed by atoms with E-state index in [9.17, 15) is 0 Å². The van der Waals surface area contributed by atoms with Gasteiger partial charge in [-0.1, -0.05) is 26.7 Å². The SMILES string of the molecule is CCNC1CCCC1CN(CC)CC1CCC1. The van der Waals surface area contributed by atoms with Crippen molar-refractivity contribution in [2.45, 2.75) is 58.4 Å². The van der Waals surface area contributed by atoms with Gasteiger partial charge in [-0.3, -0.25) is 0 Å². The van der Waals surface area contributed by atoms with E-state index < -0.39 is 0 Å². The second-order valence-electron chi connectivity index (χ2n) is 6.00. The molecule has 2 saturated carbocycles. The number of nitrogens with zero attached hydrogens (tertiary/aromatic N) is 1. The first kappa shape index (κ1) is 13.4. The predicted molar refractivity (Wildman–Crippen MR) is 74.3 cm³/mol. The average molecular weight is 238 g/mol. The summed E-state index contributed by atoms with van der Waals surface area (Å²) in [6.07, 6.45) is 8.73. The molecule has 0 amide bonds. The third kappa shape index (κ3) is 3.69. The molecule has 2 nitrogen and oxygen atoms in total. The van der Waals surface area contributed by atoms with Gasteiger partial charge in [0.1, 0.15) is 0 Å². The van der Waals surface area contributed by atoms with Crippen LogP contribution in [-0.4, -0.2) is 37.1 Å². The molecule has 0 aliphatic heterocycles. The van der Waals surface area contributed by atoms with Crippen molar-refractivity contribution in [1.82, 2.24) is 10.2 Å². The lowest BCUT2D eigenvalue weighted by molar-refractivity contribution is 0.156. The standard InChI is InChI=1S/C15H30N2/c1-3-16-15-10-6-9-14(15)12-17(4-2)11-13-7-5-8-13/h13-16H,3-12H2,1-2H3. The molecular weight excluding hydrogens is 208 g/mol. The lowest BCUT2D eigenvalue weighted by Gasteiger charge is -2.34. The minimum Gasteiger partial charge on any atom is -0.314 e. The fourth-order valence-electron chi connectivity index (χ4n) is 3.49. The summed E-state index contributed by atoms with van der Waals surface area (Å²) in [5.74, 6) is 1.93. The van der Waals surface area contributed by atoms with E-state index in [1.54, 1.807) is 0 Å². The molecule has 2 rings (SSSR count). The topological polar surface area (TPSA) is 15.3 Å². The average Bonchev–Trinajstić information content (AvgIpc) is 2.70. The molecule has 2 heteroatoms. The van der Waals surface area contributed by atoms with Crippen LogP contribution in [0.1, 0.15) is 52.4 Å². The van der Waals surface area contributed by atoms with E-state index in [1.165, 1.54) is 58.2 Å². The Labute approximate surface area is 107 Å². The molecule has 0 radical (unpaired) electrons. The molecule has 0 bridgehead atoms. The van der Waals surface area contributed by atoms with Gasteiger partial charge >= 0.3 is 0 Å². The summed E-state index contributed by atoms with van der Waals surface area (Å²) in [5, 5.41) is 3.68. The minimum absolute atomic E-state index is 0.801. The Balaban J connectivity index is 1.75. The summed E-state index contributed by atoms with van der Waals surface area (Å²) >= 11 is 0. The van der Waals surface area contributed by atoms with Gasteiger partial charge in [-0.2, -0.15) is 0 Å². The van der Waals surface area contributed by atoms with E-state index in [0.717, 1.165) is 24.4 Å². The van der Waals surface area contributed by atoms with Crippen LogP contribution in [0.3, 0.4) is 0 Å². The molecule has 0 heterocycles. The van der Waals surface area contributed by atoms with Crippen molar-refractivity contribution in [1.29, 1.82) is 0 Å². The molecule has 0 spiro atoms. The number of hydrogen-bond acceptors (Lipinski definition) is 2. The zero-order valence-electron chi connectivity index (χ0n) is 11.8. The summed E-state index contributed by atoms with van der Waals surface area (Å²) in [4.78, 5) is 2.71. The Morgan fingerprint density at radius 2 is 1.76 bits per heavy atom. The molecule has 0 aromatic carbocycles. The first-order chi connectivity index (χ1) is 8.33. The van der Waals surface area contributed by atoms with Crippen LogP contribution in [-0.2, 0) is 0 Å². The molecule has 2 aliphatic carbocycles. The number of hydrogen-bond donors (Lipinski definition) is 1. The quantitative estimate of drug-likeness (QED) is 0.733. The third-order valence-electron chi connectivity index (χ3n) is 4.81. The van der Waals surface area contributed by atoms with Gasteiger partial charge in [-0.25, -0.2) is 0 Å². The third-order valence-corrected chi connectivity index (χ3v) is 4.81. The monoisotopic (exact) mass is 238 g/mol. The van der Waals surface area contributed by atoms with Gasteiger partial charge in [0.15, 0.2) is 0 Å². The van der Waals surface area contributed by atoms with Gasteiger partial charge in [0.05, 0.1) is 0 Å². The minimum atomic E-state index is 0.801. The lowest BCUT2D eigenvalue weighted by atomic mass is 9.85. The van der Waals surface area contributed by atoms with Crippen molar-refractivity contribution >= 4 is 0 Å². The summed E-state index contributed by atoms with van der Waals surface area (Å²) < 4.78 is 0. The number of rotatable bonds is 7. The molecule has 2 fully saturated rings. The molecule has 2 unspecified atom stereocenters. The highest BCUT2D eigenvalue weighted by Gasteiger charge is 2.29. The van der Waals surface area contributed by atoms with E-state index in [-0.39, 0.29) is 0 Å². The van der Waals surface area contributed by atoms with Crippen molar-refractivity contribution in [3.8, 4) is 0 Å². The Hall–Kier alpha value is -0.0800. The molecule has 2 aliphatic rings. The molecule has 0 saturated heterocycles. The van der Waals surface area contributed by atoms with Gasteiger partial charge in [-0.15, -0.1) is 0 Å². The fourth-order valence-corrected chi connectivity index (χ4v) is 3.49. The molecular formula is C15H30N2. The maximum absolute atomic E-state index is 3.68. The fraction of sp³-hybridized carbons (Fsp3) is 1.00. The van der Waals surface area contributed by atoms with Crippen LogP contribution in [0.5, 0.6) is 0 Å². The Morgan fingerprint density at radius 1 is 1.00 bits per heavy atom. The second kappa shape index (κ2) is 6.75. The van der Waals surface area contributed by atoms with Crippen LogP contribution < -0.4 is 5.32 Å². The zero-order valence-corrected chi connectivity index (χ0v) is 11.8. The van der Waals surface area contributed by atoms with Crippen molar-refractivity contribution < 1.29 is 0 Å². The molecule has 1 N–H and O–H groups in total. The molecule has 100 valence electrons. The van der Waals surface area contributed by atoms with Crippen molar-refractivity contribution in [2.75, 3.05) is 26.2 Å². The highest BCUT2D eigenvalue weighted by atomic mass is 15.1. The summed E-state index contributed by atoms with van der Waals surface area (Å²) in [6, 6.07) is 0.801. The summed E-state index contributed by atoms with van der Waals surface area (Å²) in [6.45, 7) is 9.65. The van der Waals surface area contributed by atoms with Gasteiger partial charge < -0.3 is 10.2 Å². The van der Waals surface area contributed by atoms with E-state index in [1.807, 2.05) is 0 Å². The smallest absolute Gasteiger partial charge is 0.0107 e. The largest absolute Gasteiger partial charge is 0.314 e. The van der Waals surface area contributed by atoms with Gasteiger partial charge in [-0.05, 0) is 50.6 Å². The van der Waals surface area contributed by atoms with Crippen LogP contribution in [0.4, 0.5) is 0 Å². The summed E-state index contributed by atoms with van der Waals surface area (Å²) in [7, 11) is 0. The molecule has 0 aromatic heterocycles. The molecule has 17 heavy (non-hydrogen) atoms. The predicted octanol–water partition coefficient (Wildman–Crippen LogP) is 2.89. The van der Waals surface area contributed by atoms with Crippen LogP contribution >= 0.6 is 0 Å². The van der Waals surface area contributed by atoms with Crippen LogP contribution in [0.15, 0.2) is 0 Å². The maximum atomic E-state index is 3.68. The Kier molecular flexibility index (Phi) is 5.30. The van der Waals surface area contributed by atoms with Gasteiger partial charge in [0.2, 0.25) is 0 Å². The van der Waals surface area contributed by atoms with Gasteiger partial charge in [0.25, 0.3) is 0 Å². The first-order valence-corrected chi connectivity index (χ1v) is 7.79. The number of nitrogens with one attached hydrogen (secondary N) is 1. The highest BCUT2D eigenvalue weighted by molar-refractivity contribution is 4.85. The Morgan fingerprint density at radius 3 is 2.35 bits per heavy atom. The van der Waals surface area contributed by atoms with Crippen molar-refractivity contribution in [3.05, 3.63) is 0 Å². The van der Waals surface area contributed by atoms with Crippen molar-refractivity contribution in [2.24, 2.45) is 11.8 Å². The summed E-state index contributed by atoms with van der Waals surface area (Å²) in [5.41, 5.74) is 0. The molecule has 0 aromatic rings. The van der Waals surface area contributed by atoms with Crippen molar-refractivity contribution in [3.63, 3.8) is 0 Å². The zero-order chi connectivity index (χ0) is 12.1.